The Kier molecular flexibility index (Phi) is 3.04. The zero-order valence-electron chi connectivity index (χ0n) is 8.05. The molecule has 0 saturated carbocycles. The van der Waals surface area contributed by atoms with Crippen molar-refractivity contribution in [3.05, 3.63) is 12.7 Å². The summed E-state index contributed by atoms with van der Waals surface area (Å²) >= 11 is 0. The summed E-state index contributed by atoms with van der Waals surface area (Å²) in [4.78, 5) is 10.8. The van der Waals surface area contributed by atoms with Crippen LogP contribution in [0.1, 0.15) is 27.7 Å². The van der Waals surface area contributed by atoms with E-state index in [0.29, 0.717) is 0 Å². The first-order chi connectivity index (χ1) is 5.20. The topological polar surface area (TPSA) is 46.5 Å². The number of ether oxygens (including phenoxy) is 1. The fourth-order valence-electron chi connectivity index (χ4n) is 0.418. The van der Waals surface area contributed by atoms with Gasteiger partial charge in [0.1, 0.15) is 5.60 Å². The summed E-state index contributed by atoms with van der Waals surface area (Å²) in [6.45, 7) is 9.74. The molecule has 0 spiro atoms. The number of hydrogen-bond donors (Lipinski definition) is 1. The lowest BCUT2D eigenvalue weighted by Crippen LogP contribution is -2.48. The van der Waals surface area contributed by atoms with Crippen molar-refractivity contribution in [2.24, 2.45) is 0 Å². The molecule has 0 fully saturated rings. The van der Waals surface area contributed by atoms with Gasteiger partial charge in [-0.1, -0.05) is 6.58 Å². The lowest BCUT2D eigenvalue weighted by atomic mass is 9.89. The van der Waals surface area contributed by atoms with Crippen molar-refractivity contribution in [2.75, 3.05) is 0 Å². The molecule has 0 aliphatic rings. The Morgan fingerprint density at radius 3 is 2.08 bits per heavy atom. The van der Waals surface area contributed by atoms with E-state index in [-0.39, 0.29) is 0 Å². The van der Waals surface area contributed by atoms with Gasteiger partial charge in [-0.2, -0.15) is 0 Å². The van der Waals surface area contributed by atoms with Gasteiger partial charge in [-0.05, 0) is 27.7 Å². The lowest BCUT2D eigenvalue weighted by molar-refractivity contribution is -0.174. The van der Waals surface area contributed by atoms with Gasteiger partial charge < -0.3 is 9.84 Å². The van der Waals surface area contributed by atoms with E-state index in [2.05, 4.69) is 6.58 Å². The van der Waals surface area contributed by atoms with Crippen LogP contribution in [0.25, 0.3) is 0 Å². The summed E-state index contributed by atoms with van der Waals surface area (Å²) in [6.07, 6.45) is 1.08. The molecule has 1 N–H and O–H groups in total. The third kappa shape index (κ3) is 2.66. The predicted octanol–water partition coefficient (Wildman–Crippen LogP) is 1.27. The van der Waals surface area contributed by atoms with Crippen molar-refractivity contribution in [3.8, 4) is 0 Å². The van der Waals surface area contributed by atoms with Crippen LogP contribution in [0.5, 0.6) is 0 Å². The van der Waals surface area contributed by atoms with Crippen molar-refractivity contribution in [1.82, 2.24) is 0 Å². The quantitative estimate of drug-likeness (QED) is 0.515. The number of aliphatic hydroxyl groups is 1. The summed E-state index contributed by atoms with van der Waals surface area (Å²) in [5.41, 5.74) is -1.97. The van der Waals surface area contributed by atoms with Crippen LogP contribution >= 0.6 is 0 Å². The Morgan fingerprint density at radius 1 is 1.42 bits per heavy atom. The van der Waals surface area contributed by atoms with Gasteiger partial charge in [0, 0.05) is 6.08 Å². The molecule has 3 nitrogen and oxygen atoms in total. The molecule has 0 atom stereocenters. The zero-order valence-corrected chi connectivity index (χ0v) is 8.05. The van der Waals surface area contributed by atoms with E-state index in [1.165, 1.54) is 0 Å². The standard InChI is InChI=1S/C9H16O3/c1-6-7(10)12-9(4,5)8(2,3)11/h6,11H,1H2,2-5H3. The molecule has 0 rings (SSSR count). The van der Waals surface area contributed by atoms with Crippen molar-refractivity contribution in [2.45, 2.75) is 38.9 Å². The summed E-state index contributed by atoms with van der Waals surface area (Å²) in [5.74, 6) is -0.526. The Balaban J connectivity index is 4.43. The minimum absolute atomic E-state index is 0.526. The molecule has 70 valence electrons. The van der Waals surface area contributed by atoms with E-state index in [4.69, 9.17) is 4.74 Å². The summed E-state index contributed by atoms with van der Waals surface area (Å²) < 4.78 is 4.94. The minimum atomic E-state index is -1.06. The minimum Gasteiger partial charge on any atom is -0.453 e. The summed E-state index contributed by atoms with van der Waals surface area (Å²) in [5, 5.41) is 9.58. The number of rotatable bonds is 3. The van der Waals surface area contributed by atoms with Crippen molar-refractivity contribution >= 4 is 5.97 Å². The van der Waals surface area contributed by atoms with E-state index in [0.717, 1.165) is 6.08 Å². The molecule has 3 heteroatoms. The predicted molar refractivity (Wildman–Crippen MR) is 46.7 cm³/mol. The molecule has 0 bridgehead atoms. The zero-order chi connectivity index (χ0) is 9.99. The van der Waals surface area contributed by atoms with E-state index < -0.39 is 17.2 Å². The van der Waals surface area contributed by atoms with Crippen molar-refractivity contribution < 1.29 is 14.6 Å². The van der Waals surface area contributed by atoms with E-state index in [1.54, 1.807) is 27.7 Å². The first kappa shape index (κ1) is 11.2. The average molecular weight is 172 g/mol. The number of esters is 1. The van der Waals surface area contributed by atoms with Gasteiger partial charge in [-0.25, -0.2) is 4.79 Å². The van der Waals surface area contributed by atoms with Crippen LogP contribution in [-0.4, -0.2) is 22.3 Å². The van der Waals surface area contributed by atoms with E-state index >= 15 is 0 Å². The van der Waals surface area contributed by atoms with Crippen molar-refractivity contribution in [3.63, 3.8) is 0 Å². The maximum atomic E-state index is 10.8. The third-order valence-corrected chi connectivity index (χ3v) is 2.00. The molecule has 0 aliphatic carbocycles. The highest BCUT2D eigenvalue weighted by molar-refractivity contribution is 5.81. The van der Waals surface area contributed by atoms with E-state index in [1.807, 2.05) is 0 Å². The maximum absolute atomic E-state index is 10.8. The fourth-order valence-corrected chi connectivity index (χ4v) is 0.418. The smallest absolute Gasteiger partial charge is 0.330 e. The molecule has 0 aromatic carbocycles. The van der Waals surface area contributed by atoms with Gasteiger partial charge in [-0.3, -0.25) is 0 Å². The summed E-state index contributed by atoms with van der Waals surface area (Å²) in [6, 6.07) is 0. The third-order valence-electron chi connectivity index (χ3n) is 2.00. The number of carbonyl (C=O) groups excluding carboxylic acids is 1. The van der Waals surface area contributed by atoms with Crippen LogP contribution in [-0.2, 0) is 9.53 Å². The normalized spacial score (nSPS) is 12.4. The van der Waals surface area contributed by atoms with Crippen LogP contribution in [0.15, 0.2) is 12.7 Å². The largest absolute Gasteiger partial charge is 0.453 e. The Morgan fingerprint density at radius 2 is 1.83 bits per heavy atom. The second-order valence-electron chi connectivity index (χ2n) is 3.69. The molecule has 0 unspecified atom stereocenters. The van der Waals surface area contributed by atoms with Crippen molar-refractivity contribution in [1.29, 1.82) is 0 Å². The Hall–Kier alpha value is -0.830. The molecule has 0 heterocycles. The molecular formula is C9H16O3. The van der Waals surface area contributed by atoms with Crippen LogP contribution in [0, 0.1) is 0 Å². The fraction of sp³-hybridized carbons (Fsp3) is 0.667. The maximum Gasteiger partial charge on any atom is 0.330 e. The SMILES string of the molecule is C=CC(=O)OC(C)(C)C(C)(C)O. The molecule has 0 aromatic rings. The molecule has 0 aliphatic heterocycles. The highest BCUT2D eigenvalue weighted by Crippen LogP contribution is 2.24. The van der Waals surface area contributed by atoms with E-state index in [9.17, 15) is 9.90 Å². The highest BCUT2D eigenvalue weighted by atomic mass is 16.6. The van der Waals surface area contributed by atoms with Gasteiger partial charge in [0.05, 0.1) is 5.60 Å². The molecule has 12 heavy (non-hydrogen) atoms. The Labute approximate surface area is 73.0 Å². The highest BCUT2D eigenvalue weighted by Gasteiger charge is 2.38. The van der Waals surface area contributed by atoms with Gasteiger partial charge in [-0.15, -0.1) is 0 Å². The first-order valence-electron chi connectivity index (χ1n) is 3.78. The number of hydrogen-bond acceptors (Lipinski definition) is 3. The van der Waals surface area contributed by atoms with Crippen LogP contribution in [0.2, 0.25) is 0 Å². The van der Waals surface area contributed by atoms with Gasteiger partial charge in [0.15, 0.2) is 0 Å². The molecule has 0 amide bonds. The summed E-state index contributed by atoms with van der Waals surface area (Å²) in [7, 11) is 0. The molecule has 0 saturated heterocycles. The number of carbonyl (C=O) groups is 1. The first-order valence-corrected chi connectivity index (χ1v) is 3.78. The molecular weight excluding hydrogens is 156 g/mol. The second kappa shape index (κ2) is 3.27. The Bertz CT molecular complexity index is 186. The monoisotopic (exact) mass is 172 g/mol. The van der Waals surface area contributed by atoms with Gasteiger partial charge >= 0.3 is 5.97 Å². The lowest BCUT2D eigenvalue weighted by Gasteiger charge is -2.36. The molecule has 0 radical (unpaired) electrons. The molecule has 0 aromatic heterocycles. The van der Waals surface area contributed by atoms with Crippen LogP contribution < -0.4 is 0 Å². The average Bonchev–Trinajstić information content (AvgIpc) is 1.84. The van der Waals surface area contributed by atoms with Gasteiger partial charge in [0.2, 0.25) is 0 Å². The van der Waals surface area contributed by atoms with Crippen LogP contribution in [0.4, 0.5) is 0 Å². The van der Waals surface area contributed by atoms with Crippen LogP contribution in [0.3, 0.4) is 0 Å². The second-order valence-corrected chi connectivity index (χ2v) is 3.69. The van der Waals surface area contributed by atoms with Gasteiger partial charge in [0.25, 0.3) is 0 Å².